The van der Waals surface area contributed by atoms with Gasteiger partial charge in [-0.2, -0.15) is 0 Å². The monoisotopic (exact) mass is 1220 g/mol. The van der Waals surface area contributed by atoms with Crippen molar-refractivity contribution in [3.8, 4) is 0 Å². The fourth-order valence-corrected chi connectivity index (χ4v) is 11.8. The summed E-state index contributed by atoms with van der Waals surface area (Å²) in [7, 11) is 1.67. The molecule has 2 aromatic carbocycles. The molecular weight excluding hydrogens is 1130 g/mol. The van der Waals surface area contributed by atoms with E-state index in [9.17, 15) is 57.8 Å². The molecule has 87 heavy (non-hydrogen) atoms. The summed E-state index contributed by atoms with van der Waals surface area (Å²) in [5.74, 6) is -7.13. The van der Waals surface area contributed by atoms with Crippen molar-refractivity contribution in [1.29, 1.82) is 0 Å². The molecule has 0 saturated carbocycles. The van der Waals surface area contributed by atoms with Crippen LogP contribution < -0.4 is 16.0 Å². The second-order valence-corrected chi connectivity index (χ2v) is 24.8. The summed E-state index contributed by atoms with van der Waals surface area (Å²) >= 11 is 1.13. The number of hydrogen-bond donors (Lipinski definition) is 4. The van der Waals surface area contributed by atoms with Crippen molar-refractivity contribution in [1.82, 2.24) is 30.3 Å². The Morgan fingerprint density at radius 2 is 1.48 bits per heavy atom. The number of ketones is 2. The largest absolute Gasteiger partial charge is 0.481 e. The Hall–Kier alpha value is -7.62. The maximum absolute atomic E-state index is 14.8. The van der Waals surface area contributed by atoms with Crippen molar-refractivity contribution in [3.05, 3.63) is 94.0 Å². The van der Waals surface area contributed by atoms with Crippen LogP contribution in [-0.2, 0) is 65.7 Å². The Balaban J connectivity index is 1.15. The number of likely N-dealkylation sites (tertiary alicyclic amines) is 1. The normalized spacial score (nSPS) is 16.9. The number of imide groups is 1. The summed E-state index contributed by atoms with van der Waals surface area (Å²) in [6, 6.07) is 13.4. The van der Waals surface area contributed by atoms with Gasteiger partial charge in [0.05, 0.1) is 18.0 Å². The summed E-state index contributed by atoms with van der Waals surface area (Å²) in [6.07, 6.45) is 5.47. The van der Waals surface area contributed by atoms with Gasteiger partial charge in [0, 0.05) is 99.9 Å². The molecule has 1 aromatic heterocycles. The summed E-state index contributed by atoms with van der Waals surface area (Å²) in [5, 5.41) is 20.2. The van der Waals surface area contributed by atoms with Crippen LogP contribution in [-0.4, -0.2) is 134 Å². The van der Waals surface area contributed by atoms with Gasteiger partial charge in [0.1, 0.15) is 17.3 Å². The summed E-state index contributed by atoms with van der Waals surface area (Å²) in [5.41, 5.74) is 2.06. The molecule has 22 heteroatoms. The number of rotatable bonds is 34. The van der Waals surface area contributed by atoms with Crippen LogP contribution in [0, 0.1) is 35.5 Å². The number of aromatic nitrogens is 1. The second kappa shape index (κ2) is 34.1. The molecule has 2 aliphatic rings. The number of nitrogens with one attached hydrogen (secondary N) is 3. The van der Waals surface area contributed by atoms with E-state index >= 15 is 0 Å². The number of amides is 7. The van der Waals surface area contributed by atoms with Crippen molar-refractivity contribution in [2.75, 3.05) is 25.5 Å². The molecule has 0 spiro atoms. The van der Waals surface area contributed by atoms with Gasteiger partial charge in [-0.05, 0) is 86.0 Å². The summed E-state index contributed by atoms with van der Waals surface area (Å²) in [4.78, 5) is 153. The third kappa shape index (κ3) is 21.3. The van der Waals surface area contributed by atoms with E-state index in [1.54, 1.807) is 55.4 Å². The number of hydrogen-bond acceptors (Lipinski definition) is 15. The molecule has 0 aliphatic carbocycles. The van der Waals surface area contributed by atoms with Crippen LogP contribution in [0.3, 0.4) is 0 Å². The minimum atomic E-state index is -0.981. The van der Waals surface area contributed by atoms with E-state index in [0.717, 1.165) is 21.8 Å². The highest BCUT2D eigenvalue weighted by atomic mass is 32.1. The van der Waals surface area contributed by atoms with Gasteiger partial charge in [-0.15, -0.1) is 11.3 Å². The maximum atomic E-state index is 14.8. The van der Waals surface area contributed by atoms with Gasteiger partial charge in [-0.3, -0.25) is 57.7 Å². The van der Waals surface area contributed by atoms with Crippen LogP contribution in [0.25, 0.3) is 0 Å². The average Bonchev–Trinajstić information content (AvgIpc) is 4.25. The van der Waals surface area contributed by atoms with Gasteiger partial charge in [0.2, 0.25) is 17.7 Å². The van der Waals surface area contributed by atoms with Gasteiger partial charge in [0.15, 0.2) is 17.7 Å². The van der Waals surface area contributed by atoms with Gasteiger partial charge < -0.3 is 35.4 Å². The van der Waals surface area contributed by atoms with E-state index in [4.69, 9.17) is 9.47 Å². The zero-order valence-corrected chi connectivity index (χ0v) is 52.9. The lowest BCUT2D eigenvalue weighted by Crippen LogP contribution is -2.50. The molecule has 1 saturated heterocycles. The fraction of sp³-hybridized carbons (Fsp3) is 0.569. The standard InChI is InChI=1S/C65H89N7O14S/c1-11-41(6)49(63(81)70(10)52(39(2)3)36-55(86-44(9)73)62-68-50(38-87-62)61(80)67-48(32-43(8)64(82)83)34-45-20-14-12-15-21-45)35-53(74)51-22-17-19-30-71(51)65(84)85-37-46-24-26-47(27-25-46)66-60(79)42(7)33-54(75)59(40(4)5)69-56(76)23-16-13-18-31-72-57(77)28-29-58(72)78/h12,14-15,20-21,24-29,38-43,48-49,51-52,55,59H,11,13,16-19,22-23,30-37H2,1-10H3,(H,66,79)(H,67,80)(H,69,76)(H,82,83)/t41-,42+,43-,48+,49-,51+,52+,55+,59-/m0/s1. The number of aliphatic carboxylic acids is 1. The molecule has 0 radical (unpaired) electrons. The number of Topliss-reactive ketones (excluding diaryl/α,β-unsaturated/α-hetero) is 2. The molecule has 0 bridgehead atoms. The van der Waals surface area contributed by atoms with Crippen molar-refractivity contribution in [3.63, 3.8) is 0 Å². The number of anilines is 1. The molecular formula is C65H89N7O14S. The molecule has 1 fully saturated rings. The first kappa shape index (κ1) is 70.1. The number of esters is 1. The van der Waals surface area contributed by atoms with Crippen molar-refractivity contribution in [2.24, 2.45) is 35.5 Å². The SMILES string of the molecule is CC[C@H](C)[C@H](CC(=O)[C@H]1CCCCN1C(=O)OCc1ccc(NC(=O)[C@H](C)CC(=O)[C@@H](NC(=O)CCCCCN2C(=O)C=CC2=O)C(C)C)cc1)C(=O)N(C)[C@H](C[C@@H](OC(C)=O)c1nc(C(=O)N[C@@H](Cc2ccccc2)C[C@H](C)C(=O)O)cs1)C(C)C. The third-order valence-electron chi connectivity index (χ3n) is 16.4. The molecule has 9 atom stereocenters. The minimum absolute atomic E-state index is 0.0720. The van der Waals surface area contributed by atoms with Crippen molar-refractivity contribution >= 4 is 82.1 Å². The Morgan fingerprint density at radius 1 is 0.805 bits per heavy atom. The van der Waals surface area contributed by atoms with Gasteiger partial charge in [-0.1, -0.05) is 111 Å². The highest BCUT2D eigenvalue weighted by molar-refractivity contribution is 7.09. The van der Waals surface area contributed by atoms with E-state index in [2.05, 4.69) is 20.9 Å². The number of carboxylic acid groups (broad SMARTS) is 1. The molecule has 2 aliphatic heterocycles. The molecule has 4 N–H and O–H groups in total. The summed E-state index contributed by atoms with van der Waals surface area (Å²) < 4.78 is 11.6. The third-order valence-corrected chi connectivity index (χ3v) is 17.3. The van der Waals surface area contributed by atoms with Crippen LogP contribution in [0.5, 0.6) is 0 Å². The first-order chi connectivity index (χ1) is 41.3. The number of carbonyl (C=O) groups is 11. The second-order valence-electron chi connectivity index (χ2n) is 23.9. The minimum Gasteiger partial charge on any atom is -0.481 e. The number of thiazole rings is 1. The lowest BCUT2D eigenvalue weighted by Gasteiger charge is -2.38. The number of carboxylic acids is 1. The molecule has 21 nitrogen and oxygen atoms in total. The Morgan fingerprint density at radius 3 is 2.10 bits per heavy atom. The number of ether oxygens (including phenoxy) is 2. The smallest absolute Gasteiger partial charge is 0.410 e. The first-order valence-corrected chi connectivity index (χ1v) is 31.3. The molecule has 5 rings (SSSR count). The molecule has 3 heterocycles. The highest BCUT2D eigenvalue weighted by Crippen LogP contribution is 2.34. The molecule has 7 amide bonds. The van der Waals surface area contributed by atoms with Crippen LogP contribution >= 0.6 is 11.3 Å². The number of carbonyl (C=O) groups excluding carboxylic acids is 10. The topological polar surface area (TPSA) is 285 Å². The molecule has 474 valence electrons. The van der Waals surface area contributed by atoms with E-state index < -0.39 is 77.9 Å². The number of piperidine rings is 1. The van der Waals surface area contributed by atoms with Crippen LogP contribution in [0.2, 0.25) is 0 Å². The number of nitrogens with zero attached hydrogens (tertiary/aromatic N) is 4. The Labute approximate surface area is 515 Å². The van der Waals surface area contributed by atoms with Crippen LogP contribution in [0.15, 0.2) is 72.1 Å². The van der Waals surface area contributed by atoms with E-state index in [-0.39, 0.29) is 110 Å². The van der Waals surface area contributed by atoms with Crippen LogP contribution in [0.4, 0.5) is 10.5 Å². The average molecular weight is 1220 g/mol. The Bertz CT molecular complexity index is 2890. The van der Waals surface area contributed by atoms with E-state index in [1.807, 2.05) is 71.9 Å². The van der Waals surface area contributed by atoms with Crippen LogP contribution in [0.1, 0.15) is 172 Å². The summed E-state index contributed by atoms with van der Waals surface area (Å²) in [6.45, 7) is 16.3. The zero-order valence-electron chi connectivity index (χ0n) is 52.0. The Kier molecular flexibility index (Phi) is 27.5. The van der Waals surface area contributed by atoms with Crippen molar-refractivity contribution in [2.45, 2.75) is 183 Å². The first-order valence-electron chi connectivity index (χ1n) is 30.5. The van der Waals surface area contributed by atoms with Crippen molar-refractivity contribution < 1.29 is 67.3 Å². The predicted octanol–water partition coefficient (Wildman–Crippen LogP) is 9.05. The number of unbranched alkanes of at least 4 members (excludes halogenated alkanes) is 2. The molecule has 0 unspecified atom stereocenters. The number of benzene rings is 2. The lowest BCUT2D eigenvalue weighted by molar-refractivity contribution is -0.150. The van der Waals surface area contributed by atoms with Gasteiger partial charge >= 0.3 is 18.0 Å². The predicted molar refractivity (Wildman–Crippen MR) is 328 cm³/mol. The van der Waals surface area contributed by atoms with Gasteiger partial charge in [-0.25, -0.2) is 9.78 Å². The maximum Gasteiger partial charge on any atom is 0.410 e. The highest BCUT2D eigenvalue weighted by Gasteiger charge is 2.40. The van der Waals surface area contributed by atoms with E-state index in [0.29, 0.717) is 67.6 Å². The zero-order chi connectivity index (χ0) is 64.1. The van der Waals surface area contributed by atoms with Gasteiger partial charge in [0.25, 0.3) is 17.7 Å². The quantitative estimate of drug-likeness (QED) is 0.0246. The lowest BCUT2D eigenvalue weighted by atomic mass is 9.82. The fourth-order valence-electron chi connectivity index (χ4n) is 10.9. The molecule has 3 aromatic rings. The van der Waals surface area contributed by atoms with E-state index in [1.165, 1.54) is 24.0 Å².